The van der Waals surface area contributed by atoms with E-state index in [9.17, 15) is 13.2 Å². The highest BCUT2D eigenvalue weighted by Gasteiger charge is 2.18. The number of hydrogen-bond donors (Lipinski definition) is 1. The van der Waals surface area contributed by atoms with Gasteiger partial charge in [-0.15, -0.1) is 0 Å². The Hall–Kier alpha value is -1.67. The van der Waals surface area contributed by atoms with E-state index in [0.29, 0.717) is 5.69 Å². The van der Waals surface area contributed by atoms with Gasteiger partial charge in [-0.25, -0.2) is 0 Å². The SMILES string of the molecule is COC(=O)CCN(C)S(=O)(=O)Nc1cncc(C)c1. The molecule has 0 aliphatic heterocycles. The van der Waals surface area contributed by atoms with Crippen LogP contribution in [0.4, 0.5) is 5.69 Å². The van der Waals surface area contributed by atoms with Gasteiger partial charge < -0.3 is 4.74 Å². The lowest BCUT2D eigenvalue weighted by molar-refractivity contribution is -0.140. The summed E-state index contributed by atoms with van der Waals surface area (Å²) in [7, 11) is -1.06. The highest BCUT2D eigenvalue weighted by Crippen LogP contribution is 2.11. The van der Waals surface area contributed by atoms with Crippen molar-refractivity contribution in [3.8, 4) is 0 Å². The quantitative estimate of drug-likeness (QED) is 0.771. The second-order valence-corrected chi connectivity index (χ2v) is 5.78. The molecule has 0 spiro atoms. The molecule has 7 nitrogen and oxygen atoms in total. The second kappa shape index (κ2) is 6.48. The Morgan fingerprint density at radius 1 is 1.47 bits per heavy atom. The van der Waals surface area contributed by atoms with Crippen LogP contribution in [0.15, 0.2) is 18.5 Å². The minimum absolute atomic E-state index is 0.0000224. The molecule has 0 unspecified atom stereocenters. The molecule has 0 aromatic carbocycles. The van der Waals surface area contributed by atoms with Crippen molar-refractivity contribution in [3.05, 3.63) is 24.0 Å². The van der Waals surface area contributed by atoms with Crippen LogP contribution in [0.1, 0.15) is 12.0 Å². The number of aryl methyl sites for hydroxylation is 1. The minimum Gasteiger partial charge on any atom is -0.469 e. The maximum Gasteiger partial charge on any atom is 0.306 e. The molecule has 0 atom stereocenters. The van der Waals surface area contributed by atoms with Crippen LogP contribution in [-0.4, -0.2) is 44.4 Å². The maximum absolute atomic E-state index is 11.9. The fraction of sp³-hybridized carbons (Fsp3) is 0.455. The zero-order chi connectivity index (χ0) is 14.5. The molecule has 0 fully saturated rings. The molecular weight excluding hydrogens is 270 g/mol. The summed E-state index contributed by atoms with van der Waals surface area (Å²) in [4.78, 5) is 14.9. The first-order chi connectivity index (χ1) is 8.85. The second-order valence-electron chi connectivity index (χ2n) is 4.01. The van der Waals surface area contributed by atoms with Crippen LogP contribution in [-0.2, 0) is 19.7 Å². The average Bonchev–Trinajstić information content (AvgIpc) is 2.34. The van der Waals surface area contributed by atoms with E-state index in [4.69, 9.17) is 0 Å². The number of nitrogens with one attached hydrogen (secondary N) is 1. The summed E-state index contributed by atoms with van der Waals surface area (Å²) in [6, 6.07) is 1.67. The number of carbonyl (C=O) groups excluding carboxylic acids is 1. The van der Waals surface area contributed by atoms with Gasteiger partial charge in [-0.3, -0.25) is 14.5 Å². The first-order valence-electron chi connectivity index (χ1n) is 5.57. The van der Waals surface area contributed by atoms with Crippen molar-refractivity contribution >= 4 is 21.9 Å². The summed E-state index contributed by atoms with van der Waals surface area (Å²) >= 11 is 0. The number of carbonyl (C=O) groups is 1. The molecule has 0 saturated heterocycles. The summed E-state index contributed by atoms with van der Waals surface area (Å²) in [5.41, 5.74) is 1.22. The first kappa shape index (κ1) is 15.4. The lowest BCUT2D eigenvalue weighted by Crippen LogP contribution is -2.34. The van der Waals surface area contributed by atoms with E-state index in [2.05, 4.69) is 14.4 Å². The number of rotatable bonds is 6. The fourth-order valence-electron chi connectivity index (χ4n) is 1.31. The molecule has 106 valence electrons. The Labute approximate surface area is 112 Å². The molecule has 1 rings (SSSR count). The monoisotopic (exact) mass is 287 g/mol. The number of aromatic nitrogens is 1. The molecule has 0 radical (unpaired) electrons. The van der Waals surface area contributed by atoms with Gasteiger partial charge in [-0.2, -0.15) is 12.7 Å². The zero-order valence-electron chi connectivity index (χ0n) is 11.1. The third-order valence-corrected chi connectivity index (χ3v) is 3.89. The van der Waals surface area contributed by atoms with E-state index in [1.54, 1.807) is 12.3 Å². The molecule has 0 amide bonds. The van der Waals surface area contributed by atoms with Crippen molar-refractivity contribution in [2.75, 3.05) is 25.4 Å². The maximum atomic E-state index is 11.9. The topological polar surface area (TPSA) is 88.6 Å². The molecule has 19 heavy (non-hydrogen) atoms. The predicted octanol–water partition coefficient (Wildman–Crippen LogP) is 0.542. The summed E-state index contributed by atoms with van der Waals surface area (Å²) in [6.45, 7) is 1.85. The highest BCUT2D eigenvalue weighted by atomic mass is 32.2. The van der Waals surface area contributed by atoms with Gasteiger partial charge in [0.1, 0.15) is 0 Å². The Bertz CT molecular complexity index is 545. The lowest BCUT2D eigenvalue weighted by Gasteiger charge is -2.17. The normalized spacial score (nSPS) is 11.4. The van der Waals surface area contributed by atoms with Crippen molar-refractivity contribution in [2.45, 2.75) is 13.3 Å². The zero-order valence-corrected chi connectivity index (χ0v) is 11.9. The van der Waals surface area contributed by atoms with Crippen LogP contribution < -0.4 is 4.72 Å². The van der Waals surface area contributed by atoms with E-state index in [1.165, 1.54) is 20.4 Å². The Kier molecular flexibility index (Phi) is 5.25. The number of ether oxygens (including phenoxy) is 1. The van der Waals surface area contributed by atoms with E-state index >= 15 is 0 Å². The third kappa shape index (κ3) is 4.84. The van der Waals surface area contributed by atoms with E-state index in [-0.39, 0.29) is 13.0 Å². The Balaban J connectivity index is 2.67. The van der Waals surface area contributed by atoms with Crippen LogP contribution in [0.25, 0.3) is 0 Å². The van der Waals surface area contributed by atoms with Crippen LogP contribution in [0.3, 0.4) is 0 Å². The number of pyridine rings is 1. The van der Waals surface area contributed by atoms with Gasteiger partial charge in [-0.05, 0) is 18.6 Å². The molecule has 0 bridgehead atoms. The fourth-order valence-corrected chi connectivity index (χ4v) is 2.21. The molecule has 0 aliphatic carbocycles. The van der Waals surface area contributed by atoms with Gasteiger partial charge in [0.05, 0.1) is 25.4 Å². The summed E-state index contributed by atoms with van der Waals surface area (Å²) in [5.74, 6) is -0.459. The minimum atomic E-state index is -3.70. The van der Waals surface area contributed by atoms with Gasteiger partial charge in [0, 0.05) is 19.8 Å². The molecule has 0 saturated carbocycles. The Morgan fingerprint density at radius 2 is 2.16 bits per heavy atom. The number of hydrogen-bond acceptors (Lipinski definition) is 5. The summed E-state index contributed by atoms with van der Waals surface area (Å²) in [5, 5.41) is 0. The molecule has 1 heterocycles. The van der Waals surface area contributed by atoms with Crippen molar-refractivity contribution in [3.63, 3.8) is 0 Å². The number of nitrogens with zero attached hydrogens (tertiary/aromatic N) is 2. The van der Waals surface area contributed by atoms with Crippen molar-refractivity contribution < 1.29 is 17.9 Å². The van der Waals surface area contributed by atoms with Crippen LogP contribution in [0, 0.1) is 6.92 Å². The van der Waals surface area contributed by atoms with Gasteiger partial charge in [0.25, 0.3) is 0 Å². The van der Waals surface area contributed by atoms with E-state index in [0.717, 1.165) is 9.87 Å². The number of anilines is 1. The number of esters is 1. The first-order valence-corrected chi connectivity index (χ1v) is 7.01. The largest absolute Gasteiger partial charge is 0.469 e. The van der Waals surface area contributed by atoms with Gasteiger partial charge in [0.15, 0.2) is 0 Å². The smallest absolute Gasteiger partial charge is 0.306 e. The Morgan fingerprint density at radius 3 is 2.74 bits per heavy atom. The van der Waals surface area contributed by atoms with Crippen molar-refractivity contribution in [1.29, 1.82) is 0 Å². The van der Waals surface area contributed by atoms with Gasteiger partial charge >= 0.3 is 16.2 Å². The predicted molar refractivity (Wildman–Crippen MR) is 70.8 cm³/mol. The number of methoxy groups -OCH3 is 1. The van der Waals surface area contributed by atoms with Crippen molar-refractivity contribution in [1.82, 2.24) is 9.29 Å². The molecule has 1 N–H and O–H groups in total. The van der Waals surface area contributed by atoms with Gasteiger partial charge in [-0.1, -0.05) is 0 Å². The van der Waals surface area contributed by atoms with Crippen molar-refractivity contribution in [2.24, 2.45) is 0 Å². The molecule has 0 aliphatic rings. The van der Waals surface area contributed by atoms with Crippen LogP contribution >= 0.6 is 0 Å². The van der Waals surface area contributed by atoms with E-state index < -0.39 is 16.2 Å². The highest BCUT2D eigenvalue weighted by molar-refractivity contribution is 7.90. The van der Waals surface area contributed by atoms with E-state index in [1.807, 2.05) is 6.92 Å². The average molecular weight is 287 g/mol. The van der Waals surface area contributed by atoms with Crippen LogP contribution in [0.5, 0.6) is 0 Å². The molecular formula is C11H17N3O4S. The molecule has 8 heteroatoms. The molecule has 1 aromatic rings. The van der Waals surface area contributed by atoms with Gasteiger partial charge in [0.2, 0.25) is 0 Å². The van der Waals surface area contributed by atoms with Crippen LogP contribution in [0.2, 0.25) is 0 Å². The third-order valence-electron chi connectivity index (χ3n) is 2.39. The standard InChI is InChI=1S/C11H17N3O4S/c1-9-6-10(8-12-7-9)13-19(16,17)14(2)5-4-11(15)18-3/h6-8,13H,4-5H2,1-3H3. The lowest BCUT2D eigenvalue weighted by atomic mass is 10.3. The summed E-state index contributed by atoms with van der Waals surface area (Å²) < 4.78 is 31.8. The summed E-state index contributed by atoms with van der Waals surface area (Å²) in [6.07, 6.45) is 3.04. The molecule has 1 aromatic heterocycles.